The predicted octanol–water partition coefficient (Wildman–Crippen LogP) is 3.42. The smallest absolute Gasteiger partial charge is 0.306 e. The highest BCUT2D eigenvalue weighted by molar-refractivity contribution is 9.10. The first-order chi connectivity index (χ1) is 10.8. The lowest BCUT2D eigenvalue weighted by atomic mass is 9.87. The molecule has 5 nitrogen and oxygen atoms in total. The Balaban J connectivity index is 2.15. The van der Waals surface area contributed by atoms with E-state index < -0.39 is 5.97 Å². The first-order valence-corrected chi connectivity index (χ1v) is 8.56. The van der Waals surface area contributed by atoms with Crippen molar-refractivity contribution < 1.29 is 19.4 Å². The monoisotopic (exact) mass is 383 g/mol. The van der Waals surface area contributed by atoms with Crippen LogP contribution in [0.3, 0.4) is 0 Å². The molecular formula is C17H22BrNO4. The van der Waals surface area contributed by atoms with Crippen molar-refractivity contribution in [1.82, 2.24) is 4.90 Å². The number of halogens is 1. The van der Waals surface area contributed by atoms with Gasteiger partial charge in [0.15, 0.2) is 0 Å². The molecule has 1 aliphatic heterocycles. The molecule has 1 heterocycles. The lowest BCUT2D eigenvalue weighted by molar-refractivity contribution is -0.145. The number of ether oxygens (including phenoxy) is 1. The first kappa shape index (κ1) is 17.8. The Morgan fingerprint density at radius 3 is 2.61 bits per heavy atom. The van der Waals surface area contributed by atoms with Crippen LogP contribution in [0.4, 0.5) is 0 Å². The van der Waals surface area contributed by atoms with Crippen molar-refractivity contribution in [2.75, 3.05) is 13.1 Å². The van der Waals surface area contributed by atoms with Crippen molar-refractivity contribution in [1.29, 1.82) is 0 Å². The predicted molar refractivity (Wildman–Crippen MR) is 90.7 cm³/mol. The van der Waals surface area contributed by atoms with E-state index in [4.69, 9.17) is 4.74 Å². The van der Waals surface area contributed by atoms with Crippen molar-refractivity contribution in [2.45, 2.75) is 33.3 Å². The van der Waals surface area contributed by atoms with Crippen LogP contribution < -0.4 is 4.74 Å². The lowest BCUT2D eigenvalue weighted by Gasteiger charge is -2.35. The van der Waals surface area contributed by atoms with Gasteiger partial charge in [-0.3, -0.25) is 9.59 Å². The molecule has 0 spiro atoms. The largest absolute Gasteiger partial charge is 0.491 e. The number of amides is 1. The number of nitrogens with zero attached hydrogens (tertiary/aromatic N) is 1. The van der Waals surface area contributed by atoms with Crippen LogP contribution in [0.2, 0.25) is 0 Å². The second kappa shape index (κ2) is 7.34. The molecule has 0 bridgehead atoms. The third kappa shape index (κ3) is 4.47. The molecule has 126 valence electrons. The SMILES string of the molecule is CC(C)Oc1cc(Br)cc(C(=O)N2CCC(C(=O)O)C(C)C2)c1. The van der Waals surface area contributed by atoms with Crippen molar-refractivity contribution in [3.63, 3.8) is 0 Å². The van der Waals surface area contributed by atoms with E-state index in [0.29, 0.717) is 30.8 Å². The molecule has 1 fully saturated rings. The Kier molecular flexibility index (Phi) is 5.68. The minimum atomic E-state index is -0.778. The average Bonchev–Trinajstić information content (AvgIpc) is 2.44. The Bertz CT molecular complexity index is 602. The van der Waals surface area contributed by atoms with Crippen LogP contribution in [0.5, 0.6) is 5.75 Å². The molecule has 1 aromatic rings. The van der Waals surface area contributed by atoms with Crippen molar-refractivity contribution >= 4 is 27.8 Å². The molecule has 1 amide bonds. The third-order valence-electron chi connectivity index (χ3n) is 4.00. The summed E-state index contributed by atoms with van der Waals surface area (Å²) >= 11 is 3.41. The second-order valence-corrected chi connectivity index (χ2v) is 7.22. The maximum absolute atomic E-state index is 12.7. The minimum Gasteiger partial charge on any atom is -0.491 e. The summed E-state index contributed by atoms with van der Waals surface area (Å²) in [6, 6.07) is 5.33. The Morgan fingerprint density at radius 2 is 2.04 bits per heavy atom. The van der Waals surface area contributed by atoms with E-state index in [-0.39, 0.29) is 23.8 Å². The zero-order valence-electron chi connectivity index (χ0n) is 13.6. The molecule has 2 rings (SSSR count). The maximum atomic E-state index is 12.7. The van der Waals surface area contributed by atoms with Gasteiger partial charge in [0.2, 0.25) is 0 Å². The number of piperidine rings is 1. The fourth-order valence-corrected chi connectivity index (χ4v) is 3.38. The molecular weight excluding hydrogens is 362 g/mol. The average molecular weight is 384 g/mol. The number of carboxylic acid groups (broad SMARTS) is 1. The van der Waals surface area contributed by atoms with Gasteiger partial charge in [0.25, 0.3) is 5.91 Å². The molecule has 2 unspecified atom stereocenters. The molecule has 1 N–H and O–H groups in total. The standard InChI is InChI=1S/C17H22BrNO4/c1-10(2)23-14-7-12(6-13(18)8-14)16(20)19-5-4-15(17(21)22)11(3)9-19/h6-8,10-11,15H,4-5,9H2,1-3H3,(H,21,22). The third-order valence-corrected chi connectivity index (χ3v) is 4.46. The summed E-state index contributed by atoms with van der Waals surface area (Å²) in [5.41, 5.74) is 0.552. The van der Waals surface area contributed by atoms with Crippen LogP contribution >= 0.6 is 15.9 Å². The van der Waals surface area contributed by atoms with Gasteiger partial charge >= 0.3 is 5.97 Å². The van der Waals surface area contributed by atoms with Gasteiger partial charge in [-0.15, -0.1) is 0 Å². The van der Waals surface area contributed by atoms with E-state index in [9.17, 15) is 14.7 Å². The number of rotatable bonds is 4. The normalized spacial score (nSPS) is 21.3. The number of benzene rings is 1. The fourth-order valence-electron chi connectivity index (χ4n) is 2.91. The summed E-state index contributed by atoms with van der Waals surface area (Å²) in [5.74, 6) is -0.647. The fraction of sp³-hybridized carbons (Fsp3) is 0.529. The highest BCUT2D eigenvalue weighted by atomic mass is 79.9. The Morgan fingerprint density at radius 1 is 1.35 bits per heavy atom. The van der Waals surface area contributed by atoms with Gasteiger partial charge in [0.05, 0.1) is 12.0 Å². The summed E-state index contributed by atoms with van der Waals surface area (Å²) < 4.78 is 6.45. The first-order valence-electron chi connectivity index (χ1n) is 7.77. The molecule has 6 heteroatoms. The molecule has 23 heavy (non-hydrogen) atoms. The van der Waals surface area contributed by atoms with Crippen LogP contribution in [-0.2, 0) is 4.79 Å². The van der Waals surface area contributed by atoms with Crippen molar-refractivity contribution in [3.8, 4) is 5.75 Å². The number of aliphatic carboxylic acids is 1. The van der Waals surface area contributed by atoms with Gasteiger partial charge in [-0.2, -0.15) is 0 Å². The summed E-state index contributed by atoms with van der Waals surface area (Å²) in [6.07, 6.45) is 0.518. The van der Waals surface area contributed by atoms with Gasteiger partial charge < -0.3 is 14.7 Å². The molecule has 1 aliphatic rings. The van der Waals surface area contributed by atoms with Crippen molar-refractivity contribution in [3.05, 3.63) is 28.2 Å². The molecule has 2 atom stereocenters. The molecule has 0 aliphatic carbocycles. The molecule has 0 radical (unpaired) electrons. The van der Waals surface area contributed by atoms with E-state index in [1.54, 1.807) is 17.0 Å². The molecule has 0 aromatic heterocycles. The number of likely N-dealkylation sites (tertiary alicyclic amines) is 1. The number of hydrogen-bond acceptors (Lipinski definition) is 3. The number of hydrogen-bond donors (Lipinski definition) is 1. The van der Waals surface area contributed by atoms with Crippen LogP contribution in [0.1, 0.15) is 37.6 Å². The van der Waals surface area contributed by atoms with E-state index in [2.05, 4.69) is 15.9 Å². The quantitative estimate of drug-likeness (QED) is 0.864. The Hall–Kier alpha value is -1.56. The van der Waals surface area contributed by atoms with Crippen LogP contribution in [0, 0.1) is 11.8 Å². The number of carbonyl (C=O) groups excluding carboxylic acids is 1. The summed E-state index contributed by atoms with van der Waals surface area (Å²) in [4.78, 5) is 25.6. The minimum absolute atomic E-state index is 0.0265. The second-order valence-electron chi connectivity index (χ2n) is 6.30. The van der Waals surface area contributed by atoms with E-state index >= 15 is 0 Å². The molecule has 0 saturated carbocycles. The summed E-state index contributed by atoms with van der Waals surface area (Å²) in [5, 5.41) is 9.18. The van der Waals surface area contributed by atoms with Gasteiger partial charge in [0.1, 0.15) is 5.75 Å². The van der Waals surface area contributed by atoms with Gasteiger partial charge in [-0.05, 0) is 44.4 Å². The zero-order valence-corrected chi connectivity index (χ0v) is 15.2. The van der Waals surface area contributed by atoms with E-state index in [1.807, 2.05) is 26.8 Å². The topological polar surface area (TPSA) is 66.8 Å². The summed E-state index contributed by atoms with van der Waals surface area (Å²) in [7, 11) is 0. The van der Waals surface area contributed by atoms with Crippen LogP contribution in [0.25, 0.3) is 0 Å². The molecule has 1 saturated heterocycles. The number of carboxylic acids is 1. The number of carbonyl (C=O) groups is 2. The Labute approximate surface area is 144 Å². The van der Waals surface area contributed by atoms with Crippen LogP contribution in [-0.4, -0.2) is 41.1 Å². The highest BCUT2D eigenvalue weighted by Gasteiger charge is 2.33. The van der Waals surface area contributed by atoms with E-state index in [1.165, 1.54) is 0 Å². The van der Waals surface area contributed by atoms with E-state index in [0.717, 1.165) is 4.47 Å². The van der Waals surface area contributed by atoms with Crippen molar-refractivity contribution in [2.24, 2.45) is 11.8 Å². The van der Waals surface area contributed by atoms with Gasteiger partial charge in [-0.1, -0.05) is 22.9 Å². The van der Waals surface area contributed by atoms with Gasteiger partial charge in [-0.25, -0.2) is 0 Å². The lowest BCUT2D eigenvalue weighted by Crippen LogP contribution is -2.45. The highest BCUT2D eigenvalue weighted by Crippen LogP contribution is 2.27. The summed E-state index contributed by atoms with van der Waals surface area (Å²) in [6.45, 7) is 6.67. The van der Waals surface area contributed by atoms with Gasteiger partial charge in [0, 0.05) is 23.1 Å². The molecule has 1 aromatic carbocycles. The maximum Gasteiger partial charge on any atom is 0.306 e. The van der Waals surface area contributed by atoms with Crippen LogP contribution in [0.15, 0.2) is 22.7 Å². The zero-order chi connectivity index (χ0) is 17.1.